The summed E-state index contributed by atoms with van der Waals surface area (Å²) < 4.78 is 5.36. The van der Waals surface area contributed by atoms with Crippen LogP contribution in [0.2, 0.25) is 0 Å². The zero-order chi connectivity index (χ0) is 10.8. The van der Waals surface area contributed by atoms with Crippen LogP contribution in [0.5, 0.6) is 0 Å². The molecule has 1 N–H and O–H groups in total. The highest BCUT2D eigenvalue weighted by Gasteiger charge is 2.27. The summed E-state index contributed by atoms with van der Waals surface area (Å²) in [7, 11) is 0. The molecular weight excluding hydrogens is 178 g/mol. The third-order valence-corrected chi connectivity index (χ3v) is 2.91. The second-order valence-electron chi connectivity index (χ2n) is 5.30. The number of nitrogens with zero attached hydrogens (tertiary/aromatic N) is 1. The molecular formula is C11H23NO2. The van der Waals surface area contributed by atoms with Gasteiger partial charge in [0.1, 0.15) is 0 Å². The highest BCUT2D eigenvalue weighted by atomic mass is 16.5. The Hall–Kier alpha value is -0.120. The molecule has 0 amide bonds. The zero-order valence-corrected chi connectivity index (χ0v) is 9.79. The Morgan fingerprint density at radius 2 is 2.14 bits per heavy atom. The fourth-order valence-corrected chi connectivity index (χ4v) is 1.53. The van der Waals surface area contributed by atoms with Crippen LogP contribution in [0.15, 0.2) is 0 Å². The van der Waals surface area contributed by atoms with Crippen LogP contribution in [0.4, 0.5) is 0 Å². The second-order valence-corrected chi connectivity index (χ2v) is 5.30. The van der Waals surface area contributed by atoms with Crippen LogP contribution >= 0.6 is 0 Å². The fraction of sp³-hybridized carbons (Fsp3) is 1.00. The third-order valence-electron chi connectivity index (χ3n) is 2.91. The molecule has 3 heteroatoms. The predicted octanol–water partition coefficient (Wildman–Crippen LogP) is 1.11. The molecule has 1 fully saturated rings. The molecule has 1 saturated heterocycles. The largest absolute Gasteiger partial charge is 0.391 e. The van der Waals surface area contributed by atoms with Gasteiger partial charge in [-0.15, -0.1) is 0 Å². The topological polar surface area (TPSA) is 32.7 Å². The van der Waals surface area contributed by atoms with Gasteiger partial charge in [0.15, 0.2) is 0 Å². The molecule has 1 aliphatic heterocycles. The Morgan fingerprint density at radius 1 is 1.50 bits per heavy atom. The van der Waals surface area contributed by atoms with Gasteiger partial charge in [-0.3, -0.25) is 4.90 Å². The molecule has 0 aliphatic carbocycles. The lowest BCUT2D eigenvalue weighted by molar-refractivity contribution is -0.0406. The molecule has 14 heavy (non-hydrogen) atoms. The van der Waals surface area contributed by atoms with Gasteiger partial charge in [-0.1, -0.05) is 20.8 Å². The summed E-state index contributed by atoms with van der Waals surface area (Å²) in [6.07, 6.45) is -0.261. The Bertz CT molecular complexity index is 177. The zero-order valence-electron chi connectivity index (χ0n) is 9.79. The van der Waals surface area contributed by atoms with E-state index in [4.69, 9.17) is 4.74 Å². The van der Waals surface area contributed by atoms with Crippen molar-refractivity contribution in [1.82, 2.24) is 4.90 Å². The summed E-state index contributed by atoms with van der Waals surface area (Å²) in [5.41, 5.74) is -0.0297. The molecule has 1 heterocycles. The van der Waals surface area contributed by atoms with Crippen molar-refractivity contribution in [1.29, 1.82) is 0 Å². The van der Waals surface area contributed by atoms with Crippen LogP contribution < -0.4 is 0 Å². The maximum Gasteiger partial charge on any atom is 0.0715 e. The first-order valence-electron chi connectivity index (χ1n) is 5.41. The monoisotopic (exact) mass is 201 g/mol. The van der Waals surface area contributed by atoms with Crippen LogP contribution in [0.1, 0.15) is 27.7 Å². The molecule has 2 unspecified atom stereocenters. The Labute approximate surface area is 87.1 Å². The highest BCUT2D eigenvalue weighted by molar-refractivity contribution is 4.80. The van der Waals surface area contributed by atoms with E-state index in [1.54, 1.807) is 0 Å². The Kier molecular flexibility index (Phi) is 3.93. The average molecular weight is 201 g/mol. The van der Waals surface area contributed by atoms with E-state index >= 15 is 0 Å². The maximum absolute atomic E-state index is 9.97. The van der Waals surface area contributed by atoms with Crippen LogP contribution in [0.25, 0.3) is 0 Å². The van der Waals surface area contributed by atoms with Crippen molar-refractivity contribution >= 4 is 0 Å². The first-order valence-corrected chi connectivity index (χ1v) is 5.41. The number of aliphatic hydroxyl groups is 1. The summed E-state index contributed by atoms with van der Waals surface area (Å²) in [5.74, 6) is 0. The van der Waals surface area contributed by atoms with E-state index in [9.17, 15) is 5.11 Å². The summed E-state index contributed by atoms with van der Waals surface area (Å²) in [6.45, 7) is 11.6. The fourth-order valence-electron chi connectivity index (χ4n) is 1.53. The molecule has 0 radical (unpaired) electrons. The van der Waals surface area contributed by atoms with Gasteiger partial charge in [-0.2, -0.15) is 0 Å². The van der Waals surface area contributed by atoms with Crippen molar-refractivity contribution in [2.24, 2.45) is 5.41 Å². The van der Waals surface area contributed by atoms with Gasteiger partial charge in [0.2, 0.25) is 0 Å². The van der Waals surface area contributed by atoms with Gasteiger partial charge in [-0.25, -0.2) is 0 Å². The van der Waals surface area contributed by atoms with E-state index in [1.165, 1.54) is 0 Å². The number of rotatable bonds is 2. The molecule has 0 saturated carbocycles. The van der Waals surface area contributed by atoms with Crippen molar-refractivity contribution in [3.8, 4) is 0 Å². The van der Waals surface area contributed by atoms with E-state index in [2.05, 4.69) is 32.6 Å². The number of β-amino-alcohol motifs (C(OH)–C–C–N with tert-alkyl or cyclic N) is 1. The lowest BCUT2D eigenvalue weighted by atomic mass is 9.88. The second kappa shape index (κ2) is 4.60. The smallest absolute Gasteiger partial charge is 0.0715 e. The molecule has 0 bridgehead atoms. The van der Waals surface area contributed by atoms with E-state index in [-0.39, 0.29) is 11.5 Å². The molecule has 2 atom stereocenters. The minimum Gasteiger partial charge on any atom is -0.391 e. The van der Waals surface area contributed by atoms with Crippen molar-refractivity contribution in [3.05, 3.63) is 0 Å². The van der Waals surface area contributed by atoms with Gasteiger partial charge in [-0.05, 0) is 12.3 Å². The van der Waals surface area contributed by atoms with E-state index < -0.39 is 0 Å². The molecule has 0 aromatic carbocycles. The van der Waals surface area contributed by atoms with Crippen molar-refractivity contribution < 1.29 is 9.84 Å². The molecule has 1 aliphatic rings. The summed E-state index contributed by atoms with van der Waals surface area (Å²) in [6, 6.07) is 0.431. The van der Waals surface area contributed by atoms with Crippen LogP contribution in [-0.4, -0.2) is 48.5 Å². The predicted molar refractivity (Wildman–Crippen MR) is 57.3 cm³/mol. The van der Waals surface area contributed by atoms with E-state index in [0.717, 1.165) is 26.3 Å². The number of aliphatic hydroxyl groups excluding tert-OH is 1. The van der Waals surface area contributed by atoms with Gasteiger partial charge in [0.05, 0.1) is 19.3 Å². The lowest BCUT2D eigenvalue weighted by Gasteiger charge is -2.37. The maximum atomic E-state index is 9.97. The summed E-state index contributed by atoms with van der Waals surface area (Å²) >= 11 is 0. The van der Waals surface area contributed by atoms with E-state index in [1.807, 2.05) is 0 Å². The number of hydrogen-bond acceptors (Lipinski definition) is 3. The quantitative estimate of drug-likeness (QED) is 0.726. The molecule has 84 valence electrons. The molecule has 3 nitrogen and oxygen atoms in total. The SMILES string of the molecule is CC1COCCN1CC(O)C(C)(C)C. The number of morpholine rings is 1. The van der Waals surface area contributed by atoms with Crippen molar-refractivity contribution in [3.63, 3.8) is 0 Å². The van der Waals surface area contributed by atoms with Gasteiger partial charge in [0, 0.05) is 19.1 Å². The number of ether oxygens (including phenoxy) is 1. The lowest BCUT2D eigenvalue weighted by Crippen LogP contribution is -2.49. The molecule has 0 aromatic rings. The number of hydrogen-bond donors (Lipinski definition) is 1. The van der Waals surface area contributed by atoms with Gasteiger partial charge in [0.25, 0.3) is 0 Å². The Balaban J connectivity index is 2.42. The summed E-state index contributed by atoms with van der Waals surface area (Å²) in [4.78, 5) is 2.30. The third kappa shape index (κ3) is 3.23. The Morgan fingerprint density at radius 3 is 2.64 bits per heavy atom. The minimum absolute atomic E-state index is 0.0297. The van der Waals surface area contributed by atoms with Crippen LogP contribution in [-0.2, 0) is 4.74 Å². The first-order chi connectivity index (χ1) is 6.41. The van der Waals surface area contributed by atoms with Crippen molar-refractivity contribution in [2.75, 3.05) is 26.3 Å². The molecule has 1 rings (SSSR count). The van der Waals surface area contributed by atoms with E-state index in [0.29, 0.717) is 6.04 Å². The first kappa shape index (κ1) is 12.0. The van der Waals surface area contributed by atoms with Crippen molar-refractivity contribution in [2.45, 2.75) is 39.8 Å². The minimum atomic E-state index is -0.261. The standard InChI is InChI=1S/C11H23NO2/c1-9-8-14-6-5-12(9)7-10(13)11(2,3)4/h9-10,13H,5-8H2,1-4H3. The normalized spacial score (nSPS) is 27.6. The molecule has 0 aromatic heterocycles. The molecule has 0 spiro atoms. The van der Waals surface area contributed by atoms with Crippen LogP contribution in [0, 0.1) is 5.41 Å². The highest BCUT2D eigenvalue weighted by Crippen LogP contribution is 2.21. The average Bonchev–Trinajstić information content (AvgIpc) is 2.07. The van der Waals surface area contributed by atoms with Gasteiger partial charge < -0.3 is 9.84 Å². The van der Waals surface area contributed by atoms with Gasteiger partial charge >= 0.3 is 0 Å². The summed E-state index contributed by atoms with van der Waals surface area (Å²) in [5, 5.41) is 9.97. The van der Waals surface area contributed by atoms with Crippen LogP contribution in [0.3, 0.4) is 0 Å².